The fraction of sp³-hybridized carbons (Fsp3) is 0.600. The highest BCUT2D eigenvalue weighted by molar-refractivity contribution is 8.00. The second kappa shape index (κ2) is 9.95. The zero-order valence-corrected chi connectivity index (χ0v) is 16.7. The Morgan fingerprint density at radius 3 is 2.54 bits per heavy atom. The van der Waals surface area contributed by atoms with Gasteiger partial charge in [0.25, 0.3) is 5.91 Å². The Bertz CT molecular complexity index is 606. The van der Waals surface area contributed by atoms with Crippen molar-refractivity contribution in [3.63, 3.8) is 0 Å². The van der Waals surface area contributed by atoms with Crippen molar-refractivity contribution in [1.82, 2.24) is 10.2 Å². The van der Waals surface area contributed by atoms with Gasteiger partial charge in [-0.15, -0.1) is 11.8 Å². The van der Waals surface area contributed by atoms with E-state index in [4.69, 9.17) is 0 Å². The second-order valence-corrected chi connectivity index (χ2v) is 8.20. The Hall–Kier alpha value is -1.56. The van der Waals surface area contributed by atoms with E-state index in [2.05, 4.69) is 12.2 Å². The summed E-state index contributed by atoms with van der Waals surface area (Å²) in [7, 11) is 0. The first kappa shape index (κ1) is 20.7. The maximum absolute atomic E-state index is 13.2. The third-order valence-corrected chi connectivity index (χ3v) is 6.18. The van der Waals surface area contributed by atoms with Crippen molar-refractivity contribution in [3.8, 4) is 0 Å². The molecule has 2 rings (SSSR count). The molecule has 26 heavy (non-hydrogen) atoms. The van der Waals surface area contributed by atoms with Crippen LogP contribution in [-0.4, -0.2) is 40.4 Å². The molecule has 1 fully saturated rings. The number of amides is 2. The topological polar surface area (TPSA) is 49.4 Å². The lowest BCUT2D eigenvalue weighted by Gasteiger charge is -2.31. The van der Waals surface area contributed by atoms with E-state index in [-0.39, 0.29) is 28.9 Å². The van der Waals surface area contributed by atoms with Gasteiger partial charge in [0.15, 0.2) is 0 Å². The monoisotopic (exact) mass is 380 g/mol. The van der Waals surface area contributed by atoms with Crippen LogP contribution in [0.15, 0.2) is 24.3 Å². The van der Waals surface area contributed by atoms with Crippen LogP contribution in [0.25, 0.3) is 0 Å². The van der Waals surface area contributed by atoms with E-state index in [1.54, 1.807) is 16.7 Å². The predicted molar refractivity (Wildman–Crippen MR) is 105 cm³/mol. The summed E-state index contributed by atoms with van der Waals surface area (Å²) in [5.41, 5.74) is 0.417. The van der Waals surface area contributed by atoms with Crippen LogP contribution in [0.1, 0.15) is 56.8 Å². The number of nitrogens with zero attached hydrogens (tertiary/aromatic N) is 1. The van der Waals surface area contributed by atoms with Crippen LogP contribution in [0.4, 0.5) is 4.39 Å². The molecule has 0 saturated carbocycles. The van der Waals surface area contributed by atoms with Crippen molar-refractivity contribution in [2.45, 2.75) is 57.9 Å². The molecule has 0 unspecified atom stereocenters. The minimum Gasteiger partial charge on any atom is -0.354 e. The Labute approximate surface area is 159 Å². The molecule has 2 atom stereocenters. The molecule has 1 aromatic rings. The SMILES string of the molecule is CCCCCCNC(=O)[C@@H]1CS[C@H](C(C)C)N1C(=O)c1ccc(F)cc1. The van der Waals surface area contributed by atoms with Crippen LogP contribution in [0, 0.1) is 11.7 Å². The van der Waals surface area contributed by atoms with Gasteiger partial charge in [-0.2, -0.15) is 0 Å². The number of hydrogen-bond acceptors (Lipinski definition) is 3. The van der Waals surface area contributed by atoms with Crippen molar-refractivity contribution in [2.75, 3.05) is 12.3 Å². The number of benzene rings is 1. The van der Waals surface area contributed by atoms with E-state index >= 15 is 0 Å². The van der Waals surface area contributed by atoms with Crippen molar-refractivity contribution in [3.05, 3.63) is 35.6 Å². The fourth-order valence-electron chi connectivity index (χ4n) is 3.12. The normalized spacial score (nSPS) is 19.8. The van der Waals surface area contributed by atoms with Crippen LogP contribution in [0.3, 0.4) is 0 Å². The Morgan fingerprint density at radius 1 is 1.23 bits per heavy atom. The minimum atomic E-state index is -0.476. The second-order valence-electron chi connectivity index (χ2n) is 7.05. The smallest absolute Gasteiger partial charge is 0.255 e. The minimum absolute atomic E-state index is 0.0524. The summed E-state index contributed by atoms with van der Waals surface area (Å²) < 4.78 is 13.2. The van der Waals surface area contributed by atoms with Gasteiger partial charge in [-0.05, 0) is 36.6 Å². The molecule has 0 radical (unpaired) electrons. The van der Waals surface area contributed by atoms with Gasteiger partial charge in [-0.25, -0.2) is 4.39 Å². The summed E-state index contributed by atoms with van der Waals surface area (Å²) in [5, 5.41) is 2.93. The maximum Gasteiger partial charge on any atom is 0.255 e. The number of hydrogen-bond donors (Lipinski definition) is 1. The van der Waals surface area contributed by atoms with Gasteiger partial charge < -0.3 is 10.2 Å². The average Bonchev–Trinajstić information content (AvgIpc) is 3.07. The number of thioether (sulfide) groups is 1. The van der Waals surface area contributed by atoms with Crippen molar-refractivity contribution >= 4 is 23.6 Å². The molecule has 1 saturated heterocycles. The number of carbonyl (C=O) groups is 2. The summed E-state index contributed by atoms with van der Waals surface area (Å²) in [4.78, 5) is 27.4. The average molecular weight is 381 g/mol. The van der Waals surface area contributed by atoms with Gasteiger partial charge in [0, 0.05) is 17.9 Å². The molecule has 0 aliphatic carbocycles. The molecule has 6 heteroatoms. The van der Waals surface area contributed by atoms with Crippen LogP contribution in [0.5, 0.6) is 0 Å². The van der Waals surface area contributed by atoms with Crippen LogP contribution in [0.2, 0.25) is 0 Å². The van der Waals surface area contributed by atoms with Gasteiger partial charge in [0.05, 0.1) is 5.37 Å². The summed E-state index contributed by atoms with van der Waals surface area (Å²) in [6, 6.07) is 5.05. The summed E-state index contributed by atoms with van der Waals surface area (Å²) in [5.74, 6) is 0.148. The van der Waals surface area contributed by atoms with E-state index in [1.807, 2.05) is 13.8 Å². The van der Waals surface area contributed by atoms with Crippen LogP contribution < -0.4 is 5.32 Å². The molecule has 1 N–H and O–H groups in total. The van der Waals surface area contributed by atoms with Gasteiger partial charge >= 0.3 is 0 Å². The maximum atomic E-state index is 13.2. The zero-order valence-electron chi connectivity index (χ0n) is 15.8. The number of unbranched alkanes of at least 4 members (excludes halogenated alkanes) is 3. The molecule has 1 heterocycles. The van der Waals surface area contributed by atoms with E-state index in [1.165, 1.54) is 30.7 Å². The van der Waals surface area contributed by atoms with E-state index in [0.717, 1.165) is 19.3 Å². The number of halogens is 1. The summed E-state index contributed by atoms with van der Waals surface area (Å²) in [6.45, 7) is 6.89. The predicted octanol–water partition coefficient (Wildman–Crippen LogP) is 4.06. The van der Waals surface area contributed by atoms with Gasteiger partial charge in [-0.3, -0.25) is 9.59 Å². The molecule has 1 aliphatic heterocycles. The Morgan fingerprint density at radius 2 is 1.92 bits per heavy atom. The van der Waals surface area contributed by atoms with Crippen molar-refractivity contribution in [1.29, 1.82) is 0 Å². The van der Waals surface area contributed by atoms with Gasteiger partial charge in [0.2, 0.25) is 5.91 Å². The zero-order chi connectivity index (χ0) is 19.1. The van der Waals surface area contributed by atoms with E-state index in [9.17, 15) is 14.0 Å². The number of nitrogens with one attached hydrogen (secondary N) is 1. The van der Waals surface area contributed by atoms with Gasteiger partial charge in [0.1, 0.15) is 11.9 Å². The molecule has 0 aromatic heterocycles. The first-order valence-electron chi connectivity index (χ1n) is 9.43. The lowest BCUT2D eigenvalue weighted by Crippen LogP contribution is -2.51. The van der Waals surface area contributed by atoms with E-state index in [0.29, 0.717) is 17.9 Å². The fourth-order valence-corrected chi connectivity index (χ4v) is 4.60. The third kappa shape index (κ3) is 5.22. The molecule has 1 aromatic carbocycles. The third-order valence-electron chi connectivity index (χ3n) is 4.56. The summed E-state index contributed by atoms with van der Waals surface area (Å²) in [6.07, 6.45) is 4.38. The largest absolute Gasteiger partial charge is 0.354 e. The van der Waals surface area contributed by atoms with Crippen molar-refractivity contribution in [2.24, 2.45) is 5.92 Å². The molecule has 0 bridgehead atoms. The highest BCUT2D eigenvalue weighted by Crippen LogP contribution is 2.35. The van der Waals surface area contributed by atoms with Crippen LogP contribution in [-0.2, 0) is 4.79 Å². The lowest BCUT2D eigenvalue weighted by atomic mass is 10.1. The molecule has 144 valence electrons. The summed E-state index contributed by atoms with van der Waals surface area (Å²) >= 11 is 1.64. The highest BCUT2D eigenvalue weighted by atomic mass is 32.2. The Kier molecular flexibility index (Phi) is 7.94. The lowest BCUT2D eigenvalue weighted by molar-refractivity contribution is -0.124. The van der Waals surface area contributed by atoms with E-state index < -0.39 is 6.04 Å². The molecular formula is C20H29FN2O2S. The highest BCUT2D eigenvalue weighted by Gasteiger charge is 2.42. The van der Waals surface area contributed by atoms with Crippen LogP contribution >= 0.6 is 11.8 Å². The molecule has 0 spiro atoms. The quantitative estimate of drug-likeness (QED) is 0.692. The number of carbonyl (C=O) groups excluding carboxylic acids is 2. The standard InChI is InChI=1S/C20H29FN2O2S/c1-4-5-6-7-12-22-18(24)17-13-26-20(14(2)3)23(17)19(25)15-8-10-16(21)11-9-15/h8-11,14,17,20H,4-7,12-13H2,1-3H3,(H,22,24)/t17-,20+/m0/s1. The molecular weight excluding hydrogens is 351 g/mol. The first-order chi connectivity index (χ1) is 12.5. The van der Waals surface area contributed by atoms with Gasteiger partial charge in [-0.1, -0.05) is 40.0 Å². The first-order valence-corrected chi connectivity index (χ1v) is 10.5. The molecule has 1 aliphatic rings. The molecule has 2 amide bonds. The number of rotatable bonds is 8. The Balaban J connectivity index is 2.08. The molecule has 4 nitrogen and oxygen atoms in total. The van der Waals surface area contributed by atoms with Crippen molar-refractivity contribution < 1.29 is 14.0 Å².